The van der Waals surface area contributed by atoms with Crippen LogP contribution < -0.4 is 0 Å². The number of thioether (sulfide) groups is 1. The fourth-order valence-electron chi connectivity index (χ4n) is 3.28. The van der Waals surface area contributed by atoms with Crippen molar-refractivity contribution in [3.63, 3.8) is 0 Å². The Kier molecular flexibility index (Phi) is 6.72. The molecule has 1 aliphatic rings. The van der Waals surface area contributed by atoms with E-state index in [4.69, 9.17) is 4.74 Å². The maximum atomic E-state index is 13.3. The maximum Gasteiger partial charge on any atom is 0.357 e. The molecular formula is C20H24FN3O3S. The summed E-state index contributed by atoms with van der Waals surface area (Å²) < 4.78 is 20.3. The van der Waals surface area contributed by atoms with Gasteiger partial charge in [0.15, 0.2) is 17.0 Å². The van der Waals surface area contributed by atoms with Crippen LogP contribution in [0.5, 0.6) is 0 Å². The predicted octanol–water partition coefficient (Wildman–Crippen LogP) is 3.68. The van der Waals surface area contributed by atoms with Crippen LogP contribution in [0, 0.1) is 5.82 Å². The number of nitrogens with zero attached hydrogens (tertiary/aromatic N) is 3. The number of rotatable bonds is 5. The van der Waals surface area contributed by atoms with E-state index < -0.39 is 12.1 Å². The summed E-state index contributed by atoms with van der Waals surface area (Å²) in [5.74, 6) is -1.17. The van der Waals surface area contributed by atoms with Crippen molar-refractivity contribution in [1.29, 1.82) is 0 Å². The second kappa shape index (κ2) is 9.23. The molecule has 8 heteroatoms. The van der Waals surface area contributed by atoms with Crippen LogP contribution in [0.25, 0.3) is 5.69 Å². The van der Waals surface area contributed by atoms with Crippen LogP contribution >= 0.6 is 11.8 Å². The highest BCUT2D eigenvalue weighted by Gasteiger charge is 2.27. The third-order valence-corrected chi connectivity index (χ3v) is 5.41. The number of ether oxygens (including phenoxy) is 1. The number of amides is 1. The van der Waals surface area contributed by atoms with Gasteiger partial charge in [-0.3, -0.25) is 9.36 Å². The van der Waals surface area contributed by atoms with Crippen LogP contribution in [-0.4, -0.2) is 51.8 Å². The lowest BCUT2D eigenvalue weighted by Crippen LogP contribution is -2.40. The number of aromatic nitrogens is 2. The molecule has 0 radical (unpaired) electrons. The quantitative estimate of drug-likeness (QED) is 0.561. The molecule has 1 unspecified atom stereocenters. The fraction of sp³-hybridized carbons (Fsp3) is 0.450. The number of hydrogen-bond acceptors (Lipinski definition) is 5. The zero-order valence-corrected chi connectivity index (χ0v) is 16.9. The normalized spacial score (nSPS) is 15.8. The van der Waals surface area contributed by atoms with Crippen molar-refractivity contribution in [2.75, 3.05) is 19.3 Å². The Bertz CT molecular complexity index is 830. The van der Waals surface area contributed by atoms with Gasteiger partial charge < -0.3 is 9.64 Å². The predicted molar refractivity (Wildman–Crippen MR) is 105 cm³/mol. The Morgan fingerprint density at radius 3 is 2.39 bits per heavy atom. The minimum Gasteiger partial charge on any atom is -0.448 e. The molecule has 0 saturated carbocycles. The van der Waals surface area contributed by atoms with Gasteiger partial charge in [0.25, 0.3) is 5.91 Å². The molecule has 28 heavy (non-hydrogen) atoms. The average Bonchev–Trinajstić information content (AvgIpc) is 2.94. The first-order valence-corrected chi connectivity index (χ1v) is 10.6. The zero-order chi connectivity index (χ0) is 20.1. The number of halogens is 1. The first-order valence-electron chi connectivity index (χ1n) is 9.38. The molecule has 1 amide bonds. The Hall–Kier alpha value is -2.35. The molecule has 1 aromatic carbocycles. The van der Waals surface area contributed by atoms with Gasteiger partial charge in [0, 0.05) is 18.8 Å². The van der Waals surface area contributed by atoms with Crippen LogP contribution in [0.1, 0.15) is 43.1 Å². The first-order chi connectivity index (χ1) is 13.5. The lowest BCUT2D eigenvalue weighted by atomic mass is 10.2. The van der Waals surface area contributed by atoms with Crippen LogP contribution in [0.4, 0.5) is 4.39 Å². The SMILES string of the molecule is CSc1ncc(C(=O)OC(C)C(=O)N2CCCCCC2)n1-c1ccc(F)cc1. The molecule has 0 aliphatic carbocycles. The molecule has 3 rings (SSSR count). The van der Waals surface area contributed by atoms with Crippen molar-refractivity contribution in [3.05, 3.63) is 42.0 Å². The molecular weight excluding hydrogens is 381 g/mol. The molecule has 0 N–H and O–H groups in total. The Morgan fingerprint density at radius 2 is 1.79 bits per heavy atom. The van der Waals surface area contributed by atoms with Gasteiger partial charge in [-0.15, -0.1) is 0 Å². The Morgan fingerprint density at radius 1 is 1.14 bits per heavy atom. The fourth-order valence-corrected chi connectivity index (χ4v) is 3.83. The summed E-state index contributed by atoms with van der Waals surface area (Å²) in [6.07, 6.45) is 6.56. The summed E-state index contributed by atoms with van der Waals surface area (Å²) >= 11 is 1.36. The molecule has 0 bridgehead atoms. The van der Waals surface area contributed by atoms with E-state index in [1.165, 1.54) is 30.1 Å². The maximum absolute atomic E-state index is 13.3. The molecule has 150 valence electrons. The summed E-state index contributed by atoms with van der Waals surface area (Å²) in [5.41, 5.74) is 0.799. The van der Waals surface area contributed by atoms with Gasteiger partial charge in [-0.25, -0.2) is 14.2 Å². The number of esters is 1. The highest BCUT2D eigenvalue weighted by Crippen LogP contribution is 2.23. The first kappa shape index (κ1) is 20.4. The van der Waals surface area contributed by atoms with Gasteiger partial charge >= 0.3 is 5.97 Å². The molecule has 1 atom stereocenters. The van der Waals surface area contributed by atoms with Gasteiger partial charge in [-0.05, 0) is 50.3 Å². The third-order valence-electron chi connectivity index (χ3n) is 4.76. The molecule has 6 nitrogen and oxygen atoms in total. The van der Waals surface area contributed by atoms with Gasteiger partial charge in [0.05, 0.1) is 6.20 Å². The Balaban J connectivity index is 1.78. The second-order valence-corrected chi connectivity index (χ2v) is 7.50. The monoisotopic (exact) mass is 405 g/mol. The highest BCUT2D eigenvalue weighted by atomic mass is 32.2. The molecule has 1 aliphatic heterocycles. The van der Waals surface area contributed by atoms with Gasteiger partial charge in [-0.1, -0.05) is 24.6 Å². The summed E-state index contributed by atoms with van der Waals surface area (Å²) in [6.45, 7) is 2.99. The van der Waals surface area contributed by atoms with Gasteiger partial charge in [-0.2, -0.15) is 0 Å². The van der Waals surface area contributed by atoms with E-state index in [-0.39, 0.29) is 17.4 Å². The standard InChI is InChI=1S/C20H24FN3O3S/c1-14(18(25)23-11-5-3-4-6-12-23)27-19(26)17-13-22-20(28-2)24(17)16-9-7-15(21)8-10-16/h7-10,13-14H,3-6,11-12H2,1-2H3. The van der Waals surface area contributed by atoms with Crippen molar-refractivity contribution in [3.8, 4) is 5.69 Å². The number of likely N-dealkylation sites (tertiary alicyclic amines) is 1. The van der Waals surface area contributed by atoms with E-state index in [0.717, 1.165) is 25.7 Å². The lowest BCUT2D eigenvalue weighted by Gasteiger charge is -2.24. The highest BCUT2D eigenvalue weighted by molar-refractivity contribution is 7.98. The van der Waals surface area contributed by atoms with E-state index in [1.54, 1.807) is 28.5 Å². The number of carbonyl (C=O) groups is 2. The smallest absolute Gasteiger partial charge is 0.357 e. The van der Waals surface area contributed by atoms with Crippen LogP contribution in [0.15, 0.2) is 35.6 Å². The Labute approximate surface area is 168 Å². The lowest BCUT2D eigenvalue weighted by molar-refractivity contribution is -0.139. The number of carbonyl (C=O) groups excluding carboxylic acids is 2. The van der Waals surface area contributed by atoms with Gasteiger partial charge in [0.1, 0.15) is 5.82 Å². The largest absolute Gasteiger partial charge is 0.448 e. The van der Waals surface area contributed by atoms with Crippen LogP contribution in [0.2, 0.25) is 0 Å². The number of imidazole rings is 1. The third kappa shape index (κ3) is 4.55. The average molecular weight is 405 g/mol. The van der Waals surface area contributed by atoms with Gasteiger partial charge in [0.2, 0.25) is 0 Å². The van der Waals surface area contributed by atoms with Crippen LogP contribution in [0.3, 0.4) is 0 Å². The number of hydrogen-bond donors (Lipinski definition) is 0. The van der Waals surface area contributed by atoms with E-state index in [9.17, 15) is 14.0 Å². The summed E-state index contributed by atoms with van der Waals surface area (Å²) in [7, 11) is 0. The minimum absolute atomic E-state index is 0.173. The summed E-state index contributed by atoms with van der Waals surface area (Å²) in [6, 6.07) is 5.78. The van der Waals surface area contributed by atoms with Crippen molar-refractivity contribution >= 4 is 23.6 Å². The number of benzene rings is 1. The molecule has 2 heterocycles. The molecule has 1 aromatic heterocycles. The van der Waals surface area contributed by atoms with Crippen molar-refractivity contribution < 1.29 is 18.7 Å². The van der Waals surface area contributed by atoms with E-state index in [0.29, 0.717) is 23.9 Å². The minimum atomic E-state index is -0.875. The molecule has 2 aromatic rings. The molecule has 0 spiro atoms. The van der Waals surface area contributed by atoms with E-state index >= 15 is 0 Å². The van der Waals surface area contributed by atoms with Crippen LogP contribution in [-0.2, 0) is 9.53 Å². The molecule has 1 saturated heterocycles. The van der Waals surface area contributed by atoms with Crippen molar-refractivity contribution in [2.24, 2.45) is 0 Å². The topological polar surface area (TPSA) is 64.4 Å². The zero-order valence-electron chi connectivity index (χ0n) is 16.1. The van der Waals surface area contributed by atoms with Crippen molar-refractivity contribution in [1.82, 2.24) is 14.5 Å². The van der Waals surface area contributed by atoms with E-state index in [2.05, 4.69) is 4.98 Å². The van der Waals surface area contributed by atoms with E-state index in [1.807, 2.05) is 6.26 Å². The summed E-state index contributed by atoms with van der Waals surface area (Å²) in [5, 5.41) is 0.574. The summed E-state index contributed by atoms with van der Waals surface area (Å²) in [4.78, 5) is 31.4. The second-order valence-electron chi connectivity index (χ2n) is 6.73. The van der Waals surface area contributed by atoms with Crippen molar-refractivity contribution in [2.45, 2.75) is 43.9 Å². The molecule has 1 fully saturated rings.